The van der Waals surface area contributed by atoms with E-state index in [0.29, 0.717) is 11.3 Å². The van der Waals surface area contributed by atoms with E-state index in [2.05, 4.69) is 10.6 Å². The van der Waals surface area contributed by atoms with Gasteiger partial charge in [-0.25, -0.2) is 8.78 Å². The molecule has 7 nitrogen and oxygen atoms in total. The average molecular weight is 445 g/mol. The van der Waals surface area contributed by atoms with Gasteiger partial charge in [0.1, 0.15) is 22.2 Å². The molecular formula is C21H21F2N5O2S. The molecule has 8 N–H and O–H groups in total. The van der Waals surface area contributed by atoms with E-state index in [-0.39, 0.29) is 28.3 Å². The van der Waals surface area contributed by atoms with Crippen LogP contribution in [0.3, 0.4) is 0 Å². The largest absolute Gasteiger partial charge is 0.402 e. The highest BCUT2D eigenvalue weighted by atomic mass is 32.1. The molecule has 1 fully saturated rings. The minimum Gasteiger partial charge on any atom is -0.402 e. The third-order valence-corrected chi connectivity index (χ3v) is 5.25. The van der Waals surface area contributed by atoms with E-state index in [1.54, 1.807) is 19.1 Å². The zero-order valence-electron chi connectivity index (χ0n) is 16.5. The Morgan fingerprint density at radius 3 is 2.39 bits per heavy atom. The van der Waals surface area contributed by atoms with Gasteiger partial charge in [-0.3, -0.25) is 9.59 Å². The number of halogens is 2. The van der Waals surface area contributed by atoms with E-state index < -0.39 is 34.9 Å². The van der Waals surface area contributed by atoms with Crippen LogP contribution < -0.4 is 27.8 Å². The molecule has 0 heterocycles. The van der Waals surface area contributed by atoms with Gasteiger partial charge in [0, 0.05) is 11.6 Å². The van der Waals surface area contributed by atoms with Gasteiger partial charge >= 0.3 is 0 Å². The van der Waals surface area contributed by atoms with E-state index in [9.17, 15) is 18.4 Å². The van der Waals surface area contributed by atoms with Crippen LogP contribution in [0.4, 0.5) is 20.2 Å². The minimum absolute atomic E-state index is 0.113. The van der Waals surface area contributed by atoms with Gasteiger partial charge < -0.3 is 27.8 Å². The van der Waals surface area contributed by atoms with Crippen LogP contribution in [0.25, 0.3) is 0 Å². The highest BCUT2D eigenvalue weighted by Gasteiger charge is 2.61. The summed E-state index contributed by atoms with van der Waals surface area (Å²) in [4.78, 5) is 24.2. The van der Waals surface area contributed by atoms with Crippen molar-refractivity contribution in [2.24, 2.45) is 17.2 Å². The molecule has 3 rings (SSSR count). The van der Waals surface area contributed by atoms with Crippen molar-refractivity contribution in [3.05, 3.63) is 70.9 Å². The summed E-state index contributed by atoms with van der Waals surface area (Å²) in [6.07, 6.45) is 1.62. The second-order valence-corrected chi connectivity index (χ2v) is 7.80. The number of hydrogen-bond donors (Lipinski definition) is 5. The fourth-order valence-electron chi connectivity index (χ4n) is 3.46. The number of nitrogens with one attached hydrogen (secondary N) is 2. The number of carbonyl (C=O) groups is 2. The zero-order chi connectivity index (χ0) is 22.9. The van der Waals surface area contributed by atoms with Crippen molar-refractivity contribution in [1.82, 2.24) is 0 Å². The third kappa shape index (κ3) is 4.48. The fourth-order valence-corrected chi connectivity index (χ4v) is 3.76. The van der Waals surface area contributed by atoms with Gasteiger partial charge in [-0.2, -0.15) is 0 Å². The topological polar surface area (TPSA) is 136 Å². The predicted octanol–water partition coefficient (Wildman–Crippen LogP) is 2.49. The molecule has 2 aromatic carbocycles. The fraction of sp³-hybridized carbons (Fsp3) is 0.190. The van der Waals surface area contributed by atoms with Gasteiger partial charge in [0.2, 0.25) is 5.91 Å². The van der Waals surface area contributed by atoms with Crippen molar-refractivity contribution < 1.29 is 18.4 Å². The van der Waals surface area contributed by atoms with Gasteiger partial charge in [0.05, 0.1) is 16.9 Å². The Morgan fingerprint density at radius 2 is 1.81 bits per heavy atom. The van der Waals surface area contributed by atoms with Gasteiger partial charge in [0.15, 0.2) is 0 Å². The summed E-state index contributed by atoms with van der Waals surface area (Å²) in [6, 6.07) is 8.16. The Morgan fingerprint density at radius 1 is 1.13 bits per heavy atom. The molecular weight excluding hydrogens is 424 g/mol. The molecule has 0 spiro atoms. The predicted molar refractivity (Wildman–Crippen MR) is 118 cm³/mol. The zero-order valence-corrected chi connectivity index (χ0v) is 17.4. The Bertz CT molecular complexity index is 1120. The van der Waals surface area contributed by atoms with Crippen LogP contribution in [0.15, 0.2) is 48.2 Å². The molecule has 31 heavy (non-hydrogen) atoms. The van der Waals surface area contributed by atoms with E-state index in [0.717, 1.165) is 6.07 Å². The molecule has 2 amide bonds. The summed E-state index contributed by atoms with van der Waals surface area (Å²) in [5.41, 5.74) is 15.7. The lowest BCUT2D eigenvalue weighted by atomic mass is 10.0. The van der Waals surface area contributed by atoms with Gasteiger partial charge in [-0.15, -0.1) is 0 Å². The smallest absolute Gasteiger partial charge is 0.250 e. The number of benzene rings is 2. The second-order valence-electron chi connectivity index (χ2n) is 7.36. The standard InChI is InChI=1S/C21H21F2N5O2S/c1-10(24)6-18(31)27-16-8-17(15(23)7-12(16)19(25)29)28-21(20(26)30)9-13(21)11-4-2-3-5-14(11)22/h2-8,13,28H,9,24H2,1H3,(H2,25,29)(H2,26,30)(H,27,31). The molecule has 0 radical (unpaired) electrons. The molecule has 2 aromatic rings. The molecule has 1 aliphatic carbocycles. The van der Waals surface area contributed by atoms with Crippen LogP contribution in [-0.4, -0.2) is 22.3 Å². The average Bonchev–Trinajstić information content (AvgIpc) is 3.39. The van der Waals surface area contributed by atoms with Crippen LogP contribution in [0.1, 0.15) is 35.2 Å². The van der Waals surface area contributed by atoms with Crippen LogP contribution in [0.5, 0.6) is 0 Å². The monoisotopic (exact) mass is 445 g/mol. The number of allylic oxidation sites excluding steroid dienone is 1. The van der Waals surface area contributed by atoms with Crippen molar-refractivity contribution in [3.8, 4) is 0 Å². The van der Waals surface area contributed by atoms with E-state index in [1.807, 2.05) is 0 Å². The van der Waals surface area contributed by atoms with Crippen molar-refractivity contribution in [2.45, 2.75) is 24.8 Å². The van der Waals surface area contributed by atoms with Crippen LogP contribution in [0, 0.1) is 11.6 Å². The number of anilines is 2. The maximum absolute atomic E-state index is 14.8. The molecule has 1 aliphatic rings. The summed E-state index contributed by atoms with van der Waals surface area (Å²) in [7, 11) is 0. The SMILES string of the molecule is CC(N)=CC(=S)Nc1cc(NC2(C(N)=O)CC2c2ccccc2F)c(F)cc1C(N)=O. The van der Waals surface area contributed by atoms with E-state index in [4.69, 9.17) is 29.4 Å². The summed E-state index contributed by atoms with van der Waals surface area (Å²) < 4.78 is 29.0. The summed E-state index contributed by atoms with van der Waals surface area (Å²) >= 11 is 5.15. The minimum atomic E-state index is -1.39. The van der Waals surface area contributed by atoms with Gasteiger partial charge in [-0.05, 0) is 43.2 Å². The Hall–Kier alpha value is -3.53. The summed E-state index contributed by atoms with van der Waals surface area (Å²) in [5, 5.41) is 5.57. The second kappa shape index (κ2) is 8.31. The lowest BCUT2D eigenvalue weighted by molar-refractivity contribution is -0.119. The number of primary amides is 2. The van der Waals surface area contributed by atoms with Crippen molar-refractivity contribution in [3.63, 3.8) is 0 Å². The number of thiocarbonyl (C=S) groups is 1. The maximum atomic E-state index is 14.8. The highest BCUT2D eigenvalue weighted by Crippen LogP contribution is 2.54. The van der Waals surface area contributed by atoms with Gasteiger partial charge in [0.25, 0.3) is 5.91 Å². The number of carbonyl (C=O) groups excluding carboxylic acids is 2. The molecule has 1 saturated carbocycles. The molecule has 0 bridgehead atoms. The van der Waals surface area contributed by atoms with Crippen LogP contribution in [0.2, 0.25) is 0 Å². The van der Waals surface area contributed by atoms with E-state index >= 15 is 0 Å². The Labute approximate surface area is 182 Å². The molecule has 2 atom stereocenters. The molecule has 162 valence electrons. The third-order valence-electron chi connectivity index (χ3n) is 5.03. The first kappa shape index (κ1) is 22.2. The number of nitrogens with two attached hydrogens (primary N) is 3. The first-order chi connectivity index (χ1) is 14.5. The molecule has 10 heteroatoms. The van der Waals surface area contributed by atoms with Crippen molar-refractivity contribution >= 4 is 40.4 Å². The molecule has 2 unspecified atom stereocenters. The lowest BCUT2D eigenvalue weighted by Gasteiger charge is -2.20. The lowest BCUT2D eigenvalue weighted by Crippen LogP contribution is -2.40. The molecule has 0 aromatic heterocycles. The Balaban J connectivity index is 1.98. The summed E-state index contributed by atoms with van der Waals surface area (Å²) in [5.74, 6) is -3.55. The van der Waals surface area contributed by atoms with Crippen molar-refractivity contribution in [2.75, 3.05) is 10.6 Å². The quantitative estimate of drug-likeness (QED) is 0.328. The van der Waals surface area contributed by atoms with Crippen molar-refractivity contribution in [1.29, 1.82) is 0 Å². The maximum Gasteiger partial charge on any atom is 0.250 e. The first-order valence-electron chi connectivity index (χ1n) is 9.25. The summed E-state index contributed by atoms with van der Waals surface area (Å²) in [6.45, 7) is 1.62. The molecule has 0 saturated heterocycles. The van der Waals surface area contributed by atoms with E-state index in [1.165, 1.54) is 24.3 Å². The normalized spacial score (nSPS) is 20.1. The number of amides is 2. The van der Waals surface area contributed by atoms with Crippen LogP contribution >= 0.6 is 12.2 Å². The first-order valence-corrected chi connectivity index (χ1v) is 9.66. The highest BCUT2D eigenvalue weighted by molar-refractivity contribution is 7.81. The van der Waals surface area contributed by atoms with Gasteiger partial charge in [-0.1, -0.05) is 30.4 Å². The van der Waals surface area contributed by atoms with Crippen LogP contribution in [-0.2, 0) is 4.79 Å². The number of hydrogen-bond acceptors (Lipinski definition) is 5. The Kier molecular flexibility index (Phi) is 5.94. The molecule has 0 aliphatic heterocycles. The number of rotatable bonds is 7.